The van der Waals surface area contributed by atoms with Crippen LogP contribution in [0.15, 0.2) is 24.3 Å². The first-order valence-corrected chi connectivity index (χ1v) is 5.87. The van der Waals surface area contributed by atoms with Crippen LogP contribution in [0.2, 0.25) is 0 Å². The molecule has 0 bridgehead atoms. The highest BCUT2D eigenvalue weighted by Crippen LogP contribution is 2.06. The minimum atomic E-state index is -3.77. The third kappa shape index (κ3) is 2.94. The summed E-state index contributed by atoms with van der Waals surface area (Å²) in [6.45, 7) is 0. The molecule has 0 radical (unpaired) electrons. The standard InChI is InChI=1S/C9H13N3O3S/c1-12(2)16(14,15)11-9(13)7-4-3-5-8(10)6-7/h3-6H,10H2,1-2H3,(H,11,13). The molecule has 0 spiro atoms. The van der Waals surface area contributed by atoms with Crippen molar-refractivity contribution in [2.45, 2.75) is 0 Å². The second-order valence-corrected chi connectivity index (χ2v) is 5.23. The monoisotopic (exact) mass is 243 g/mol. The lowest BCUT2D eigenvalue weighted by atomic mass is 10.2. The van der Waals surface area contributed by atoms with Crippen molar-refractivity contribution in [1.82, 2.24) is 9.03 Å². The summed E-state index contributed by atoms with van der Waals surface area (Å²) in [6, 6.07) is 6.07. The number of carbonyl (C=O) groups excluding carboxylic acids is 1. The SMILES string of the molecule is CN(C)S(=O)(=O)NC(=O)c1cccc(N)c1. The zero-order valence-corrected chi connectivity index (χ0v) is 9.78. The Morgan fingerprint density at radius 1 is 1.38 bits per heavy atom. The summed E-state index contributed by atoms with van der Waals surface area (Å²) in [4.78, 5) is 11.5. The molecule has 0 fully saturated rings. The van der Waals surface area contributed by atoms with E-state index in [-0.39, 0.29) is 5.56 Å². The number of nitrogen functional groups attached to an aromatic ring is 1. The lowest BCUT2D eigenvalue weighted by Crippen LogP contribution is -2.39. The van der Waals surface area contributed by atoms with Crippen LogP contribution in [0, 0.1) is 0 Å². The summed E-state index contributed by atoms with van der Waals surface area (Å²) < 4.78 is 25.5. The van der Waals surface area contributed by atoms with Crippen molar-refractivity contribution in [3.8, 4) is 0 Å². The van der Waals surface area contributed by atoms with Gasteiger partial charge in [-0.2, -0.15) is 12.7 Å². The van der Waals surface area contributed by atoms with E-state index in [2.05, 4.69) is 0 Å². The normalized spacial score (nSPS) is 11.4. The number of nitrogens with one attached hydrogen (secondary N) is 1. The number of hydrogen-bond donors (Lipinski definition) is 2. The van der Waals surface area contributed by atoms with Gasteiger partial charge in [0, 0.05) is 25.3 Å². The number of benzene rings is 1. The third-order valence-corrected chi connectivity index (χ3v) is 3.26. The Labute approximate surface area is 94.2 Å². The summed E-state index contributed by atoms with van der Waals surface area (Å²) in [5, 5.41) is 0. The number of hydrogen-bond acceptors (Lipinski definition) is 4. The molecular formula is C9H13N3O3S. The van der Waals surface area contributed by atoms with Gasteiger partial charge in [-0.1, -0.05) is 6.07 Å². The summed E-state index contributed by atoms with van der Waals surface area (Å²) in [5.41, 5.74) is 6.08. The summed E-state index contributed by atoms with van der Waals surface area (Å²) in [6.07, 6.45) is 0. The molecule has 3 N–H and O–H groups in total. The Balaban J connectivity index is 2.90. The Morgan fingerprint density at radius 2 is 2.00 bits per heavy atom. The maximum atomic E-state index is 11.5. The van der Waals surface area contributed by atoms with Crippen molar-refractivity contribution in [3.05, 3.63) is 29.8 Å². The minimum absolute atomic E-state index is 0.199. The molecule has 88 valence electrons. The molecular weight excluding hydrogens is 230 g/mol. The molecule has 1 amide bonds. The van der Waals surface area contributed by atoms with Crippen LogP contribution >= 0.6 is 0 Å². The van der Waals surface area contributed by atoms with Crippen LogP contribution in [0.3, 0.4) is 0 Å². The van der Waals surface area contributed by atoms with Crippen molar-refractivity contribution in [1.29, 1.82) is 0 Å². The van der Waals surface area contributed by atoms with Crippen LogP contribution in [0.25, 0.3) is 0 Å². The fraction of sp³-hybridized carbons (Fsp3) is 0.222. The van der Waals surface area contributed by atoms with E-state index >= 15 is 0 Å². The van der Waals surface area contributed by atoms with Crippen LogP contribution in [0.5, 0.6) is 0 Å². The molecule has 0 saturated heterocycles. The van der Waals surface area contributed by atoms with Crippen LogP contribution < -0.4 is 10.5 Å². The van der Waals surface area contributed by atoms with Crippen LogP contribution in [0.1, 0.15) is 10.4 Å². The number of amides is 1. The fourth-order valence-electron chi connectivity index (χ4n) is 0.947. The van der Waals surface area contributed by atoms with Gasteiger partial charge in [0.25, 0.3) is 5.91 Å². The average molecular weight is 243 g/mol. The van der Waals surface area contributed by atoms with Crippen molar-refractivity contribution in [3.63, 3.8) is 0 Å². The maximum Gasteiger partial charge on any atom is 0.303 e. The first-order chi connectivity index (χ1) is 7.33. The van der Waals surface area contributed by atoms with E-state index in [9.17, 15) is 13.2 Å². The first kappa shape index (κ1) is 12.5. The van der Waals surface area contributed by atoms with E-state index in [0.717, 1.165) is 4.31 Å². The number of anilines is 1. The lowest BCUT2D eigenvalue weighted by molar-refractivity contribution is 0.0979. The van der Waals surface area contributed by atoms with Crippen LogP contribution in [-0.2, 0) is 10.2 Å². The number of carbonyl (C=O) groups is 1. The largest absolute Gasteiger partial charge is 0.399 e. The second kappa shape index (κ2) is 4.50. The van der Waals surface area contributed by atoms with Crippen molar-refractivity contribution >= 4 is 21.8 Å². The lowest BCUT2D eigenvalue weighted by Gasteiger charge is -2.12. The van der Waals surface area contributed by atoms with Gasteiger partial charge in [0.2, 0.25) is 0 Å². The molecule has 0 unspecified atom stereocenters. The Kier molecular flexibility index (Phi) is 3.51. The van der Waals surface area contributed by atoms with Crippen molar-refractivity contribution in [2.75, 3.05) is 19.8 Å². The van der Waals surface area contributed by atoms with Gasteiger partial charge in [-0.05, 0) is 18.2 Å². The summed E-state index contributed by atoms with van der Waals surface area (Å²) in [7, 11) is -1.11. The zero-order chi connectivity index (χ0) is 12.3. The molecule has 0 atom stereocenters. The third-order valence-electron chi connectivity index (χ3n) is 1.85. The molecule has 0 aliphatic heterocycles. The molecule has 16 heavy (non-hydrogen) atoms. The zero-order valence-electron chi connectivity index (χ0n) is 8.97. The van der Waals surface area contributed by atoms with E-state index in [1.165, 1.54) is 26.2 Å². The second-order valence-electron chi connectivity index (χ2n) is 3.34. The van der Waals surface area contributed by atoms with E-state index < -0.39 is 16.1 Å². The van der Waals surface area contributed by atoms with Crippen LogP contribution in [-0.4, -0.2) is 32.7 Å². The van der Waals surface area contributed by atoms with Gasteiger partial charge in [0.05, 0.1) is 0 Å². The average Bonchev–Trinajstić information content (AvgIpc) is 2.16. The van der Waals surface area contributed by atoms with Crippen molar-refractivity contribution in [2.24, 2.45) is 0 Å². The maximum absolute atomic E-state index is 11.5. The highest BCUT2D eigenvalue weighted by molar-refractivity contribution is 7.87. The molecule has 0 aromatic heterocycles. The summed E-state index contributed by atoms with van der Waals surface area (Å²) in [5.74, 6) is -0.707. The predicted molar refractivity (Wildman–Crippen MR) is 60.9 cm³/mol. The molecule has 0 heterocycles. The van der Waals surface area contributed by atoms with Gasteiger partial charge in [-0.15, -0.1) is 0 Å². The topological polar surface area (TPSA) is 92.5 Å². The quantitative estimate of drug-likeness (QED) is 0.719. The molecule has 1 aromatic carbocycles. The Hall–Kier alpha value is -1.60. The molecule has 7 heteroatoms. The fourth-order valence-corrected chi connectivity index (χ4v) is 1.48. The van der Waals surface area contributed by atoms with Gasteiger partial charge >= 0.3 is 10.2 Å². The van der Waals surface area contributed by atoms with E-state index in [1.807, 2.05) is 4.72 Å². The predicted octanol–water partition coefficient (Wildman–Crippen LogP) is -0.195. The molecule has 1 aromatic rings. The first-order valence-electron chi connectivity index (χ1n) is 4.43. The van der Waals surface area contributed by atoms with E-state index in [0.29, 0.717) is 5.69 Å². The van der Waals surface area contributed by atoms with Crippen LogP contribution in [0.4, 0.5) is 5.69 Å². The summed E-state index contributed by atoms with van der Waals surface area (Å²) >= 11 is 0. The van der Waals surface area contributed by atoms with E-state index in [1.54, 1.807) is 12.1 Å². The Morgan fingerprint density at radius 3 is 2.50 bits per heavy atom. The van der Waals surface area contributed by atoms with Crippen molar-refractivity contribution < 1.29 is 13.2 Å². The van der Waals surface area contributed by atoms with Gasteiger partial charge < -0.3 is 5.73 Å². The number of rotatable bonds is 3. The highest BCUT2D eigenvalue weighted by atomic mass is 32.2. The van der Waals surface area contributed by atoms with Gasteiger partial charge in [-0.3, -0.25) is 4.79 Å². The minimum Gasteiger partial charge on any atom is -0.399 e. The molecule has 0 aliphatic rings. The van der Waals surface area contributed by atoms with Gasteiger partial charge in [0.15, 0.2) is 0 Å². The number of nitrogens with two attached hydrogens (primary N) is 1. The Bertz CT molecular complexity index is 496. The number of nitrogens with zero attached hydrogens (tertiary/aromatic N) is 1. The molecule has 6 nitrogen and oxygen atoms in total. The van der Waals surface area contributed by atoms with E-state index in [4.69, 9.17) is 5.73 Å². The smallest absolute Gasteiger partial charge is 0.303 e. The highest BCUT2D eigenvalue weighted by Gasteiger charge is 2.17. The molecule has 1 rings (SSSR count). The van der Waals surface area contributed by atoms with Gasteiger partial charge in [0.1, 0.15) is 0 Å². The molecule has 0 aliphatic carbocycles. The van der Waals surface area contributed by atoms with Gasteiger partial charge in [-0.25, -0.2) is 4.72 Å². The molecule has 0 saturated carbocycles.